The molecule has 1 N–H and O–H groups in total. The smallest absolute Gasteiger partial charge is 0.321 e. The first-order valence-corrected chi connectivity index (χ1v) is 5.74. The molecule has 15 heavy (non-hydrogen) atoms. The SMILES string of the molecule is C=CCCCN1CCCC(C)C1C(=O)O. The Morgan fingerprint density at radius 2 is 2.40 bits per heavy atom. The summed E-state index contributed by atoms with van der Waals surface area (Å²) in [6, 6.07) is -0.274. The van der Waals surface area contributed by atoms with Crippen LogP contribution in [0.2, 0.25) is 0 Å². The first-order valence-electron chi connectivity index (χ1n) is 5.74. The van der Waals surface area contributed by atoms with Crippen LogP contribution in [0.1, 0.15) is 32.6 Å². The summed E-state index contributed by atoms with van der Waals surface area (Å²) in [6.07, 6.45) is 6.04. The molecule has 0 aliphatic carbocycles. The molecule has 0 bridgehead atoms. The number of likely N-dealkylation sites (tertiary alicyclic amines) is 1. The highest BCUT2D eigenvalue weighted by Crippen LogP contribution is 2.23. The van der Waals surface area contributed by atoms with Crippen LogP contribution in [0.15, 0.2) is 12.7 Å². The second-order valence-electron chi connectivity index (χ2n) is 4.37. The maximum Gasteiger partial charge on any atom is 0.321 e. The van der Waals surface area contributed by atoms with E-state index in [4.69, 9.17) is 0 Å². The van der Waals surface area contributed by atoms with Crippen molar-refractivity contribution in [1.29, 1.82) is 0 Å². The molecule has 0 aromatic rings. The van der Waals surface area contributed by atoms with E-state index in [0.29, 0.717) is 0 Å². The van der Waals surface area contributed by atoms with Gasteiger partial charge in [0.25, 0.3) is 0 Å². The Morgan fingerprint density at radius 3 is 3.00 bits per heavy atom. The second kappa shape index (κ2) is 5.91. The van der Waals surface area contributed by atoms with Crippen molar-refractivity contribution in [3.05, 3.63) is 12.7 Å². The van der Waals surface area contributed by atoms with Crippen molar-refractivity contribution >= 4 is 5.97 Å². The van der Waals surface area contributed by atoms with Crippen LogP contribution in [0.5, 0.6) is 0 Å². The number of carbonyl (C=O) groups is 1. The van der Waals surface area contributed by atoms with Crippen molar-refractivity contribution in [3.8, 4) is 0 Å². The topological polar surface area (TPSA) is 40.5 Å². The van der Waals surface area contributed by atoms with Crippen molar-refractivity contribution in [2.45, 2.75) is 38.6 Å². The summed E-state index contributed by atoms with van der Waals surface area (Å²) in [5, 5.41) is 9.17. The predicted octanol–water partition coefficient (Wildman–Crippen LogP) is 2.14. The molecule has 1 fully saturated rings. The van der Waals surface area contributed by atoms with Gasteiger partial charge in [-0.2, -0.15) is 0 Å². The van der Waals surface area contributed by atoms with Crippen LogP contribution in [0, 0.1) is 5.92 Å². The predicted molar refractivity (Wildman–Crippen MR) is 60.8 cm³/mol. The van der Waals surface area contributed by atoms with E-state index in [9.17, 15) is 9.90 Å². The molecule has 1 saturated heterocycles. The standard InChI is InChI=1S/C12H21NO2/c1-3-4-5-8-13-9-6-7-10(2)11(13)12(14)15/h3,10-11H,1,4-9H2,2H3,(H,14,15). The van der Waals surface area contributed by atoms with E-state index >= 15 is 0 Å². The van der Waals surface area contributed by atoms with Crippen LogP contribution in [-0.2, 0) is 4.79 Å². The van der Waals surface area contributed by atoms with Crippen LogP contribution in [-0.4, -0.2) is 35.1 Å². The number of unbranched alkanes of at least 4 members (excludes halogenated alkanes) is 1. The minimum atomic E-state index is -0.666. The Morgan fingerprint density at radius 1 is 1.67 bits per heavy atom. The molecule has 0 spiro atoms. The minimum Gasteiger partial charge on any atom is -0.480 e. The molecule has 0 aromatic carbocycles. The molecule has 1 aliphatic heterocycles. The molecule has 2 atom stereocenters. The average Bonchev–Trinajstić information content (AvgIpc) is 2.17. The summed E-state index contributed by atoms with van der Waals surface area (Å²) in [5.41, 5.74) is 0. The van der Waals surface area contributed by atoms with E-state index < -0.39 is 5.97 Å². The van der Waals surface area contributed by atoms with E-state index in [2.05, 4.69) is 11.5 Å². The molecule has 3 heteroatoms. The van der Waals surface area contributed by atoms with Gasteiger partial charge in [-0.3, -0.25) is 9.69 Å². The Labute approximate surface area is 91.8 Å². The van der Waals surface area contributed by atoms with Gasteiger partial charge in [-0.25, -0.2) is 0 Å². The molecule has 1 heterocycles. The van der Waals surface area contributed by atoms with Crippen LogP contribution >= 0.6 is 0 Å². The van der Waals surface area contributed by atoms with E-state index in [1.807, 2.05) is 13.0 Å². The summed E-state index contributed by atoms with van der Waals surface area (Å²) in [6.45, 7) is 7.53. The molecule has 0 radical (unpaired) electrons. The number of rotatable bonds is 5. The lowest BCUT2D eigenvalue weighted by molar-refractivity contribution is -0.146. The maximum absolute atomic E-state index is 11.1. The quantitative estimate of drug-likeness (QED) is 0.559. The zero-order valence-corrected chi connectivity index (χ0v) is 9.48. The van der Waals surface area contributed by atoms with E-state index in [-0.39, 0.29) is 12.0 Å². The highest BCUT2D eigenvalue weighted by atomic mass is 16.4. The van der Waals surface area contributed by atoms with Crippen molar-refractivity contribution in [1.82, 2.24) is 4.90 Å². The third-order valence-electron chi connectivity index (χ3n) is 3.14. The van der Waals surface area contributed by atoms with Gasteiger partial charge in [0, 0.05) is 0 Å². The highest BCUT2D eigenvalue weighted by molar-refractivity contribution is 5.74. The highest BCUT2D eigenvalue weighted by Gasteiger charge is 2.33. The summed E-state index contributed by atoms with van der Waals surface area (Å²) in [4.78, 5) is 13.3. The fourth-order valence-electron chi connectivity index (χ4n) is 2.36. The van der Waals surface area contributed by atoms with Gasteiger partial charge in [-0.1, -0.05) is 13.0 Å². The molecule has 86 valence electrons. The van der Waals surface area contributed by atoms with Gasteiger partial charge in [0.2, 0.25) is 0 Å². The first kappa shape index (κ1) is 12.2. The molecule has 1 rings (SSSR count). The van der Waals surface area contributed by atoms with E-state index in [0.717, 1.165) is 38.8 Å². The zero-order chi connectivity index (χ0) is 11.3. The van der Waals surface area contributed by atoms with Gasteiger partial charge in [0.1, 0.15) is 6.04 Å². The molecular weight excluding hydrogens is 190 g/mol. The van der Waals surface area contributed by atoms with Crippen molar-refractivity contribution in [2.24, 2.45) is 5.92 Å². The number of nitrogens with zero attached hydrogens (tertiary/aromatic N) is 1. The number of hydrogen-bond acceptors (Lipinski definition) is 2. The number of hydrogen-bond donors (Lipinski definition) is 1. The Hall–Kier alpha value is -0.830. The molecule has 1 aliphatic rings. The van der Waals surface area contributed by atoms with Gasteiger partial charge in [0.15, 0.2) is 0 Å². The molecular formula is C12H21NO2. The number of carboxylic acid groups (broad SMARTS) is 1. The lowest BCUT2D eigenvalue weighted by Crippen LogP contribution is -2.49. The summed E-state index contributed by atoms with van der Waals surface area (Å²) in [7, 11) is 0. The number of carboxylic acids is 1. The third-order valence-corrected chi connectivity index (χ3v) is 3.14. The van der Waals surface area contributed by atoms with Crippen molar-refractivity contribution in [2.75, 3.05) is 13.1 Å². The summed E-state index contributed by atoms with van der Waals surface area (Å²) < 4.78 is 0. The molecule has 0 amide bonds. The zero-order valence-electron chi connectivity index (χ0n) is 9.48. The number of aliphatic carboxylic acids is 1. The fourth-order valence-corrected chi connectivity index (χ4v) is 2.36. The summed E-state index contributed by atoms with van der Waals surface area (Å²) in [5.74, 6) is -0.388. The number of allylic oxidation sites excluding steroid dienone is 1. The lowest BCUT2D eigenvalue weighted by atomic mass is 9.90. The van der Waals surface area contributed by atoms with Crippen molar-refractivity contribution in [3.63, 3.8) is 0 Å². The van der Waals surface area contributed by atoms with Crippen LogP contribution < -0.4 is 0 Å². The van der Waals surface area contributed by atoms with Crippen LogP contribution in [0.3, 0.4) is 0 Å². The maximum atomic E-state index is 11.1. The van der Waals surface area contributed by atoms with Gasteiger partial charge >= 0.3 is 5.97 Å². The van der Waals surface area contributed by atoms with E-state index in [1.54, 1.807) is 0 Å². The normalized spacial score (nSPS) is 27.5. The van der Waals surface area contributed by atoms with Gasteiger partial charge < -0.3 is 5.11 Å². The Bertz CT molecular complexity index is 228. The molecule has 2 unspecified atom stereocenters. The lowest BCUT2D eigenvalue weighted by Gasteiger charge is -2.37. The first-order chi connectivity index (χ1) is 7.16. The molecule has 0 aromatic heterocycles. The fraction of sp³-hybridized carbons (Fsp3) is 0.750. The Balaban J connectivity index is 2.50. The van der Waals surface area contributed by atoms with Gasteiger partial charge in [-0.05, 0) is 44.7 Å². The third kappa shape index (κ3) is 3.34. The molecule has 0 saturated carbocycles. The monoisotopic (exact) mass is 211 g/mol. The van der Waals surface area contributed by atoms with Crippen LogP contribution in [0.4, 0.5) is 0 Å². The number of piperidine rings is 1. The largest absolute Gasteiger partial charge is 0.480 e. The average molecular weight is 211 g/mol. The Kier molecular flexibility index (Phi) is 4.82. The van der Waals surface area contributed by atoms with Gasteiger partial charge in [0.05, 0.1) is 0 Å². The second-order valence-corrected chi connectivity index (χ2v) is 4.37. The van der Waals surface area contributed by atoms with Crippen LogP contribution in [0.25, 0.3) is 0 Å². The molecule has 3 nitrogen and oxygen atoms in total. The van der Waals surface area contributed by atoms with E-state index in [1.165, 1.54) is 0 Å². The van der Waals surface area contributed by atoms with Gasteiger partial charge in [-0.15, -0.1) is 6.58 Å². The van der Waals surface area contributed by atoms with Crippen molar-refractivity contribution < 1.29 is 9.90 Å². The minimum absolute atomic E-state index is 0.274. The summed E-state index contributed by atoms with van der Waals surface area (Å²) >= 11 is 0.